The number of nitrogens with zero attached hydrogens (tertiary/aromatic N) is 2. The van der Waals surface area contributed by atoms with Crippen LogP contribution in [-0.2, 0) is 12.8 Å². The van der Waals surface area contributed by atoms with Gasteiger partial charge in [0.1, 0.15) is 7.05 Å². The molecule has 0 spiro atoms. The van der Waals surface area contributed by atoms with Crippen LogP contribution in [-0.4, -0.2) is 24.4 Å². The summed E-state index contributed by atoms with van der Waals surface area (Å²) in [5.74, 6) is 0. The predicted octanol–water partition coefficient (Wildman–Crippen LogP) is 7.64. The number of allylic oxidation sites excluding steroid dienone is 2. The van der Waals surface area contributed by atoms with E-state index < -0.39 is 0 Å². The smallest absolute Gasteiger partial charge is 0.208 e. The number of para-hydroxylation sites is 2. The molecule has 160 valence electrons. The zero-order chi connectivity index (χ0) is 22.4. The minimum atomic E-state index is 1.03. The van der Waals surface area contributed by atoms with Crippen LogP contribution in [0, 0.1) is 0 Å². The van der Waals surface area contributed by atoms with Crippen LogP contribution in [0.25, 0.3) is 0 Å². The summed E-state index contributed by atoms with van der Waals surface area (Å²) in [6, 6.07) is 17.3. The molecule has 2 aliphatic heterocycles. The molecule has 29 heavy (non-hydrogen) atoms. The van der Waals surface area contributed by atoms with Crippen LogP contribution in [0.4, 0.5) is 11.4 Å². The maximum absolute atomic E-state index is 2.36. The molecule has 0 bridgehead atoms. The highest BCUT2D eigenvalue weighted by Gasteiger charge is 2.27. The Morgan fingerprint density at radius 3 is 1.79 bits per heavy atom. The predicted molar refractivity (Wildman–Crippen MR) is 133 cm³/mol. The molecule has 2 aromatic carbocycles. The molecule has 2 aliphatic rings. The Bertz CT molecular complexity index is 785. The number of anilines is 1. The third kappa shape index (κ3) is 6.32. The summed E-state index contributed by atoms with van der Waals surface area (Å²) in [6.07, 6.45) is 4.42. The van der Waals surface area contributed by atoms with Crippen LogP contribution < -0.4 is 4.90 Å². The average Bonchev–Trinajstić information content (AvgIpc) is 3.31. The highest BCUT2D eigenvalue weighted by molar-refractivity contribution is 5.97. The van der Waals surface area contributed by atoms with Gasteiger partial charge in [-0.1, -0.05) is 91.8 Å². The van der Waals surface area contributed by atoms with E-state index in [9.17, 15) is 0 Å². The van der Waals surface area contributed by atoms with E-state index in [4.69, 9.17) is 0 Å². The molecule has 0 N–H and O–H groups in total. The minimum absolute atomic E-state index is 1.03. The van der Waals surface area contributed by atoms with Crippen molar-refractivity contribution in [3.8, 4) is 0 Å². The Balaban J connectivity index is 0.000000881. The normalized spacial score (nSPS) is 14.1. The molecule has 4 rings (SSSR count). The van der Waals surface area contributed by atoms with Gasteiger partial charge in [0.2, 0.25) is 5.69 Å². The number of fused-ring (bicyclic) bond motifs is 2. The second kappa shape index (κ2) is 14.6. The Kier molecular flexibility index (Phi) is 13.4. The Morgan fingerprint density at radius 2 is 1.24 bits per heavy atom. The largest absolute Gasteiger partial charge is 0.347 e. The van der Waals surface area contributed by atoms with Crippen LogP contribution in [0.5, 0.6) is 0 Å². The SMILES string of the molecule is CC.CC.CC.CC.CN1C(=CC2=[N+](C)c3ccccc3C2)Cc2ccccc21. The van der Waals surface area contributed by atoms with Gasteiger partial charge in [-0.2, -0.15) is 4.58 Å². The van der Waals surface area contributed by atoms with E-state index in [1.807, 2.05) is 55.4 Å². The zero-order valence-corrected chi connectivity index (χ0v) is 20.5. The fraction of sp³-hybridized carbons (Fsp3) is 0.444. The molecular formula is C27H43N2+. The zero-order valence-electron chi connectivity index (χ0n) is 20.5. The van der Waals surface area contributed by atoms with E-state index in [0.717, 1.165) is 12.8 Å². The topological polar surface area (TPSA) is 6.25 Å². The molecule has 0 atom stereocenters. The van der Waals surface area contributed by atoms with Gasteiger partial charge in [0, 0.05) is 42.6 Å². The fourth-order valence-electron chi connectivity index (χ4n) is 3.40. The van der Waals surface area contributed by atoms with Crippen molar-refractivity contribution in [2.75, 3.05) is 19.0 Å². The van der Waals surface area contributed by atoms with Gasteiger partial charge in [-0.15, -0.1) is 0 Å². The number of hydrogen-bond donors (Lipinski definition) is 0. The Hall–Kier alpha value is -2.35. The van der Waals surface area contributed by atoms with E-state index in [2.05, 4.69) is 78.2 Å². The van der Waals surface area contributed by atoms with Crippen molar-refractivity contribution in [2.24, 2.45) is 0 Å². The van der Waals surface area contributed by atoms with Crippen LogP contribution >= 0.6 is 0 Å². The molecule has 0 aromatic heterocycles. The number of hydrogen-bond acceptors (Lipinski definition) is 1. The van der Waals surface area contributed by atoms with E-state index >= 15 is 0 Å². The van der Waals surface area contributed by atoms with Gasteiger partial charge in [0.05, 0.1) is 6.42 Å². The lowest BCUT2D eigenvalue weighted by molar-refractivity contribution is -0.400. The van der Waals surface area contributed by atoms with E-state index in [1.54, 1.807) is 0 Å². The molecule has 0 saturated heterocycles. The van der Waals surface area contributed by atoms with Crippen LogP contribution in [0.3, 0.4) is 0 Å². The second-order valence-corrected chi connectivity index (χ2v) is 5.86. The molecule has 2 heteroatoms. The standard InChI is InChI=1S/C19H19N2.4C2H6/c1-20-16(11-14-7-3-5-9-18(14)20)13-17-12-15-8-4-6-10-19(15)21(17)2;4*1-2/h3-10,13H,11-12H2,1-2H3;4*1-2H3/q+1;;;;. The molecule has 2 aromatic rings. The summed E-state index contributed by atoms with van der Waals surface area (Å²) in [4.78, 5) is 2.32. The summed E-state index contributed by atoms with van der Waals surface area (Å²) in [5, 5.41) is 0. The van der Waals surface area contributed by atoms with Gasteiger partial charge in [0.25, 0.3) is 0 Å². The minimum Gasteiger partial charge on any atom is -0.347 e. The summed E-state index contributed by atoms with van der Waals surface area (Å²) >= 11 is 0. The molecular weight excluding hydrogens is 352 g/mol. The lowest BCUT2D eigenvalue weighted by Crippen LogP contribution is -2.15. The lowest BCUT2D eigenvalue weighted by atomic mass is 10.1. The van der Waals surface area contributed by atoms with Gasteiger partial charge in [0.15, 0.2) is 5.71 Å². The third-order valence-electron chi connectivity index (χ3n) is 4.64. The van der Waals surface area contributed by atoms with Crippen molar-refractivity contribution >= 4 is 17.1 Å². The first-order valence-corrected chi connectivity index (χ1v) is 11.4. The average molecular weight is 396 g/mol. The molecule has 2 heterocycles. The highest BCUT2D eigenvalue weighted by Crippen LogP contribution is 2.33. The van der Waals surface area contributed by atoms with Crippen LogP contribution in [0.1, 0.15) is 66.5 Å². The first-order chi connectivity index (χ1) is 14.2. The highest BCUT2D eigenvalue weighted by atomic mass is 15.1. The molecule has 2 nitrogen and oxygen atoms in total. The van der Waals surface area contributed by atoms with Crippen molar-refractivity contribution in [1.29, 1.82) is 0 Å². The summed E-state index contributed by atoms with van der Waals surface area (Å²) in [5.41, 5.74) is 8.27. The van der Waals surface area contributed by atoms with E-state index in [-0.39, 0.29) is 0 Å². The number of rotatable bonds is 1. The summed E-state index contributed by atoms with van der Waals surface area (Å²) in [6.45, 7) is 16.0. The third-order valence-corrected chi connectivity index (χ3v) is 4.64. The van der Waals surface area contributed by atoms with Crippen molar-refractivity contribution in [1.82, 2.24) is 0 Å². The van der Waals surface area contributed by atoms with Gasteiger partial charge < -0.3 is 4.90 Å². The summed E-state index contributed by atoms with van der Waals surface area (Å²) < 4.78 is 2.32. The quantitative estimate of drug-likeness (QED) is 0.450. The van der Waals surface area contributed by atoms with Gasteiger partial charge in [-0.05, 0) is 11.6 Å². The second-order valence-electron chi connectivity index (χ2n) is 5.86. The van der Waals surface area contributed by atoms with Gasteiger partial charge >= 0.3 is 0 Å². The number of benzene rings is 2. The molecule has 0 unspecified atom stereocenters. The first-order valence-electron chi connectivity index (χ1n) is 11.4. The van der Waals surface area contributed by atoms with E-state index in [1.165, 1.54) is 33.9 Å². The Morgan fingerprint density at radius 1 is 0.724 bits per heavy atom. The molecule has 0 saturated carbocycles. The van der Waals surface area contributed by atoms with Crippen molar-refractivity contribution < 1.29 is 4.58 Å². The van der Waals surface area contributed by atoms with Crippen LogP contribution in [0.15, 0.2) is 60.3 Å². The first kappa shape index (κ1) is 26.6. The summed E-state index contributed by atoms with van der Waals surface area (Å²) in [7, 11) is 4.33. The fourth-order valence-corrected chi connectivity index (χ4v) is 3.40. The van der Waals surface area contributed by atoms with Crippen LogP contribution in [0.2, 0.25) is 0 Å². The van der Waals surface area contributed by atoms with Crippen molar-refractivity contribution in [3.63, 3.8) is 0 Å². The molecule has 0 radical (unpaired) electrons. The molecule has 0 amide bonds. The van der Waals surface area contributed by atoms with Crippen molar-refractivity contribution in [3.05, 3.63) is 71.4 Å². The monoisotopic (exact) mass is 395 g/mol. The number of likely N-dealkylation sites (N-methyl/N-ethyl adjacent to an activating group) is 1. The van der Waals surface area contributed by atoms with Gasteiger partial charge in [-0.3, -0.25) is 0 Å². The maximum atomic E-state index is 2.36. The molecule has 0 aliphatic carbocycles. The van der Waals surface area contributed by atoms with E-state index in [0.29, 0.717) is 0 Å². The maximum Gasteiger partial charge on any atom is 0.208 e. The van der Waals surface area contributed by atoms with Gasteiger partial charge in [-0.25, -0.2) is 0 Å². The van der Waals surface area contributed by atoms with Crippen molar-refractivity contribution in [2.45, 2.75) is 68.2 Å². The lowest BCUT2D eigenvalue weighted by Gasteiger charge is -2.14. The molecule has 0 fully saturated rings. The Labute approximate surface area is 180 Å².